The lowest BCUT2D eigenvalue weighted by Crippen LogP contribution is -2.52. The number of ether oxygens (including phenoxy) is 1. The highest BCUT2D eigenvalue weighted by Crippen LogP contribution is 2.32. The Balaban J connectivity index is 1.26. The maximum absolute atomic E-state index is 13.1. The lowest BCUT2D eigenvalue weighted by atomic mass is 10.0. The van der Waals surface area contributed by atoms with Gasteiger partial charge in [0.15, 0.2) is 9.84 Å². The fourth-order valence-corrected chi connectivity index (χ4v) is 7.02. The number of piperazine rings is 1. The molecule has 1 atom stereocenters. The zero-order valence-electron chi connectivity index (χ0n) is 19.5. The monoisotopic (exact) mass is 481 g/mol. The fraction of sp³-hybridized carbons (Fsp3) is 0.423. The lowest BCUT2D eigenvalue weighted by Gasteiger charge is -2.37. The lowest BCUT2D eigenvalue weighted by molar-refractivity contribution is -0.133. The number of methoxy groups -OCH3 is 1. The van der Waals surface area contributed by atoms with E-state index in [0.717, 1.165) is 46.6 Å². The second-order valence-electron chi connectivity index (χ2n) is 9.23. The molecular formula is C26H31N3O4S. The van der Waals surface area contributed by atoms with Crippen molar-refractivity contribution < 1.29 is 17.9 Å². The number of amides is 1. The van der Waals surface area contributed by atoms with E-state index in [4.69, 9.17) is 4.74 Å². The van der Waals surface area contributed by atoms with Gasteiger partial charge in [-0.15, -0.1) is 0 Å². The van der Waals surface area contributed by atoms with Gasteiger partial charge in [0.05, 0.1) is 18.6 Å². The first-order chi connectivity index (χ1) is 16.4. The molecule has 2 saturated heterocycles. The minimum atomic E-state index is -2.89. The number of hydrogen-bond donors (Lipinski definition) is 1. The number of benzene rings is 2. The smallest absolute Gasteiger partial charge is 0.222 e. The number of carbonyl (C=O) groups is 1. The number of sulfone groups is 1. The summed E-state index contributed by atoms with van der Waals surface area (Å²) in [6.45, 7) is 2.81. The summed E-state index contributed by atoms with van der Waals surface area (Å²) < 4.78 is 28.9. The van der Waals surface area contributed by atoms with Crippen LogP contribution in [0.25, 0.3) is 22.2 Å². The third kappa shape index (κ3) is 4.70. The number of nitrogens with one attached hydrogen (secondary N) is 1. The van der Waals surface area contributed by atoms with Crippen molar-refractivity contribution >= 4 is 26.6 Å². The minimum absolute atomic E-state index is 0.112. The van der Waals surface area contributed by atoms with Crippen LogP contribution < -0.4 is 4.74 Å². The molecule has 0 saturated carbocycles. The van der Waals surface area contributed by atoms with Crippen LogP contribution in [0.2, 0.25) is 0 Å². The molecule has 2 fully saturated rings. The van der Waals surface area contributed by atoms with Crippen LogP contribution >= 0.6 is 0 Å². The molecule has 34 heavy (non-hydrogen) atoms. The molecule has 2 aromatic carbocycles. The highest BCUT2D eigenvalue weighted by molar-refractivity contribution is 7.91. The number of aryl methyl sites for hydroxylation is 1. The van der Waals surface area contributed by atoms with Crippen LogP contribution in [0.1, 0.15) is 18.4 Å². The first-order valence-corrected chi connectivity index (χ1v) is 13.7. The molecule has 0 radical (unpaired) electrons. The van der Waals surface area contributed by atoms with Crippen molar-refractivity contribution in [1.82, 2.24) is 14.8 Å². The van der Waals surface area contributed by atoms with E-state index < -0.39 is 9.84 Å². The molecule has 8 heteroatoms. The van der Waals surface area contributed by atoms with Gasteiger partial charge in [0, 0.05) is 55.2 Å². The zero-order chi connectivity index (χ0) is 23.7. The van der Waals surface area contributed by atoms with Crippen molar-refractivity contribution in [2.75, 3.05) is 44.8 Å². The molecule has 1 aromatic heterocycles. The average Bonchev–Trinajstić information content (AvgIpc) is 3.42. The normalized spacial score (nSPS) is 20.6. The van der Waals surface area contributed by atoms with Gasteiger partial charge < -0.3 is 14.6 Å². The summed E-state index contributed by atoms with van der Waals surface area (Å²) in [4.78, 5) is 20.8. The number of hydrogen-bond acceptors (Lipinski definition) is 5. The SMILES string of the molecule is COc1ccc(-c2[nH]c3ccccc3c2CCC(=O)N2CCN([C@@H]3CCS(=O)(=O)C3)CC2)cc1. The Morgan fingerprint density at radius 2 is 1.79 bits per heavy atom. The van der Waals surface area contributed by atoms with Crippen LogP contribution in [0.5, 0.6) is 5.75 Å². The summed E-state index contributed by atoms with van der Waals surface area (Å²) in [6.07, 6.45) is 1.82. The summed E-state index contributed by atoms with van der Waals surface area (Å²) in [7, 11) is -1.23. The largest absolute Gasteiger partial charge is 0.497 e. The van der Waals surface area contributed by atoms with Crippen LogP contribution in [0, 0.1) is 0 Å². The number of H-pyrrole nitrogens is 1. The number of aromatic amines is 1. The number of para-hydroxylation sites is 1. The highest BCUT2D eigenvalue weighted by atomic mass is 32.2. The van der Waals surface area contributed by atoms with Crippen molar-refractivity contribution in [3.63, 3.8) is 0 Å². The molecule has 0 aliphatic carbocycles. The Kier molecular flexibility index (Phi) is 6.36. The number of carbonyl (C=O) groups excluding carboxylic acids is 1. The maximum atomic E-state index is 13.1. The van der Waals surface area contributed by atoms with Crippen molar-refractivity contribution in [2.45, 2.75) is 25.3 Å². The molecule has 0 unspecified atom stereocenters. The topological polar surface area (TPSA) is 82.7 Å². The van der Waals surface area contributed by atoms with Gasteiger partial charge in [-0.05, 0) is 54.3 Å². The molecule has 0 bridgehead atoms. The van der Waals surface area contributed by atoms with Gasteiger partial charge in [0.25, 0.3) is 0 Å². The van der Waals surface area contributed by atoms with E-state index in [1.807, 2.05) is 41.3 Å². The van der Waals surface area contributed by atoms with E-state index in [9.17, 15) is 13.2 Å². The third-order valence-corrected chi connectivity index (χ3v) is 8.92. The van der Waals surface area contributed by atoms with E-state index >= 15 is 0 Å². The summed E-state index contributed by atoms with van der Waals surface area (Å²) in [5, 5.41) is 1.15. The van der Waals surface area contributed by atoms with Gasteiger partial charge in [-0.25, -0.2) is 8.42 Å². The van der Waals surface area contributed by atoms with E-state index in [2.05, 4.69) is 22.0 Å². The molecule has 3 aromatic rings. The predicted molar refractivity (Wildman–Crippen MR) is 134 cm³/mol. The summed E-state index contributed by atoms with van der Waals surface area (Å²) in [5.74, 6) is 1.52. The molecule has 1 N–H and O–H groups in total. The second-order valence-corrected chi connectivity index (χ2v) is 11.5. The van der Waals surface area contributed by atoms with Gasteiger partial charge in [-0.2, -0.15) is 0 Å². The second kappa shape index (κ2) is 9.43. The number of aromatic nitrogens is 1. The Bertz CT molecular complexity index is 1280. The minimum Gasteiger partial charge on any atom is -0.497 e. The maximum Gasteiger partial charge on any atom is 0.222 e. The van der Waals surface area contributed by atoms with Crippen LogP contribution in [0.15, 0.2) is 48.5 Å². The molecule has 180 valence electrons. The first kappa shape index (κ1) is 22.9. The summed E-state index contributed by atoms with van der Waals surface area (Å²) in [5.41, 5.74) is 4.34. The summed E-state index contributed by atoms with van der Waals surface area (Å²) >= 11 is 0. The van der Waals surface area contributed by atoms with Crippen LogP contribution in [0.4, 0.5) is 0 Å². The van der Waals surface area contributed by atoms with E-state index in [-0.39, 0.29) is 23.5 Å². The standard InChI is InChI=1S/C26H31N3O4S/c1-33-21-8-6-19(7-9-21)26-23(22-4-2-3-5-24(22)27-26)10-11-25(30)29-15-13-28(14-16-29)20-12-17-34(31,32)18-20/h2-9,20,27H,10-18H2,1H3/t20-/m1/s1. The van der Waals surface area contributed by atoms with Gasteiger partial charge in [0.1, 0.15) is 5.75 Å². The number of fused-ring (bicyclic) bond motifs is 1. The Morgan fingerprint density at radius 1 is 1.06 bits per heavy atom. The highest BCUT2D eigenvalue weighted by Gasteiger charge is 2.34. The Morgan fingerprint density at radius 3 is 2.47 bits per heavy atom. The van der Waals surface area contributed by atoms with Crippen LogP contribution in [-0.4, -0.2) is 79.9 Å². The molecule has 2 aliphatic rings. The van der Waals surface area contributed by atoms with Gasteiger partial charge in [0.2, 0.25) is 5.91 Å². The molecule has 3 heterocycles. The van der Waals surface area contributed by atoms with Gasteiger partial charge in [-0.1, -0.05) is 18.2 Å². The van der Waals surface area contributed by atoms with Gasteiger partial charge >= 0.3 is 0 Å². The molecule has 2 aliphatic heterocycles. The zero-order valence-corrected chi connectivity index (χ0v) is 20.3. The number of rotatable bonds is 6. The third-order valence-electron chi connectivity index (χ3n) is 7.17. The van der Waals surface area contributed by atoms with Crippen molar-refractivity contribution in [1.29, 1.82) is 0 Å². The van der Waals surface area contributed by atoms with Crippen molar-refractivity contribution in [3.8, 4) is 17.0 Å². The molecule has 0 spiro atoms. The van der Waals surface area contributed by atoms with Crippen LogP contribution in [0.3, 0.4) is 0 Å². The predicted octanol–water partition coefficient (Wildman–Crippen LogP) is 3.11. The Hall–Kier alpha value is -2.84. The van der Waals surface area contributed by atoms with Crippen LogP contribution in [-0.2, 0) is 21.1 Å². The van der Waals surface area contributed by atoms with E-state index in [1.54, 1.807) is 7.11 Å². The summed E-state index contributed by atoms with van der Waals surface area (Å²) in [6, 6.07) is 16.3. The van der Waals surface area contributed by atoms with Crippen molar-refractivity contribution in [3.05, 3.63) is 54.1 Å². The molecule has 7 nitrogen and oxygen atoms in total. The van der Waals surface area contributed by atoms with Gasteiger partial charge in [-0.3, -0.25) is 9.69 Å². The molecule has 5 rings (SSSR count). The average molecular weight is 482 g/mol. The molecule has 1 amide bonds. The quantitative estimate of drug-likeness (QED) is 0.585. The van der Waals surface area contributed by atoms with E-state index in [1.165, 1.54) is 0 Å². The Labute approximate surface area is 200 Å². The van der Waals surface area contributed by atoms with E-state index in [0.29, 0.717) is 32.4 Å². The molecular weight excluding hydrogens is 450 g/mol. The van der Waals surface area contributed by atoms with Crippen molar-refractivity contribution in [2.24, 2.45) is 0 Å². The number of nitrogens with zero attached hydrogens (tertiary/aromatic N) is 2. The fourth-order valence-electron chi connectivity index (χ4n) is 5.25. The first-order valence-electron chi connectivity index (χ1n) is 11.9.